The van der Waals surface area contributed by atoms with Gasteiger partial charge in [0.15, 0.2) is 0 Å². The monoisotopic (exact) mass is 178 g/mol. The van der Waals surface area contributed by atoms with Gasteiger partial charge in [-0.1, -0.05) is 51.3 Å². The molecule has 1 atom stereocenters. The highest BCUT2D eigenvalue weighted by atomic mass is 14.3. The molecule has 0 aromatic rings. The van der Waals surface area contributed by atoms with Crippen molar-refractivity contribution in [1.82, 2.24) is 0 Å². The summed E-state index contributed by atoms with van der Waals surface area (Å²) in [7, 11) is 0. The van der Waals surface area contributed by atoms with Gasteiger partial charge < -0.3 is 0 Å². The summed E-state index contributed by atoms with van der Waals surface area (Å²) in [6, 6.07) is 0. The van der Waals surface area contributed by atoms with Gasteiger partial charge in [0, 0.05) is 5.92 Å². The Morgan fingerprint density at radius 3 is 2.46 bits per heavy atom. The van der Waals surface area contributed by atoms with E-state index in [1.165, 1.54) is 44.1 Å². The fourth-order valence-electron chi connectivity index (χ4n) is 1.99. The molecule has 0 nitrogen and oxygen atoms in total. The minimum atomic E-state index is 0.756. The van der Waals surface area contributed by atoms with Gasteiger partial charge >= 0.3 is 0 Å². The molecule has 0 aliphatic heterocycles. The highest BCUT2D eigenvalue weighted by Gasteiger charge is 2.23. The lowest BCUT2D eigenvalue weighted by molar-refractivity contribution is 0.546. The summed E-state index contributed by atoms with van der Waals surface area (Å²) in [5.41, 5.74) is 3.04. The van der Waals surface area contributed by atoms with Crippen LogP contribution >= 0.6 is 0 Å². The van der Waals surface area contributed by atoms with Crippen molar-refractivity contribution in [2.24, 2.45) is 5.92 Å². The van der Waals surface area contributed by atoms with Crippen molar-refractivity contribution >= 4 is 0 Å². The van der Waals surface area contributed by atoms with Crippen LogP contribution in [0.3, 0.4) is 0 Å². The lowest BCUT2D eigenvalue weighted by atomic mass is 9.75. The summed E-state index contributed by atoms with van der Waals surface area (Å²) in [6.45, 7) is 8.60. The van der Waals surface area contributed by atoms with Crippen LogP contribution in [-0.2, 0) is 0 Å². The van der Waals surface area contributed by atoms with E-state index in [4.69, 9.17) is 0 Å². The maximum Gasteiger partial charge on any atom is 0.00455 e. The van der Waals surface area contributed by atoms with Gasteiger partial charge in [-0.3, -0.25) is 0 Å². The molecule has 0 aromatic carbocycles. The molecule has 1 unspecified atom stereocenters. The van der Waals surface area contributed by atoms with E-state index in [0.717, 1.165) is 5.92 Å². The summed E-state index contributed by atoms with van der Waals surface area (Å²) in [4.78, 5) is 0. The predicted molar refractivity (Wildman–Crippen MR) is 59.8 cm³/mol. The lowest BCUT2D eigenvalue weighted by Crippen LogP contribution is -2.15. The second-order valence-electron chi connectivity index (χ2n) is 4.09. The second-order valence-corrected chi connectivity index (χ2v) is 4.09. The standard InChI is InChI=1S/C13H22/c1-4-6-8-12-10-11(3)13(12)9-7-5-2/h10,13H,3-9H2,1-2H3. The number of unbranched alkanes of at least 4 members (excludes halogenated alkanes) is 2. The Hall–Kier alpha value is -0.520. The number of hydrogen-bond donors (Lipinski definition) is 0. The van der Waals surface area contributed by atoms with E-state index >= 15 is 0 Å². The Bertz CT molecular complexity index is 198. The summed E-state index contributed by atoms with van der Waals surface area (Å²) >= 11 is 0. The lowest BCUT2D eigenvalue weighted by Gasteiger charge is -2.30. The molecule has 0 amide bonds. The molecule has 0 N–H and O–H groups in total. The van der Waals surface area contributed by atoms with Crippen LogP contribution in [0.25, 0.3) is 0 Å². The van der Waals surface area contributed by atoms with Gasteiger partial charge in [-0.05, 0) is 24.8 Å². The van der Waals surface area contributed by atoms with Gasteiger partial charge in [0.25, 0.3) is 0 Å². The molecule has 0 spiro atoms. The Balaban J connectivity index is 2.30. The summed E-state index contributed by atoms with van der Waals surface area (Å²) in [6.07, 6.45) is 10.3. The fourth-order valence-corrected chi connectivity index (χ4v) is 1.99. The average molecular weight is 178 g/mol. The van der Waals surface area contributed by atoms with E-state index in [1.807, 2.05) is 0 Å². The normalized spacial score (nSPS) is 21.2. The molecule has 0 fully saturated rings. The highest BCUT2D eigenvalue weighted by Crippen LogP contribution is 2.38. The molecule has 0 aromatic heterocycles. The summed E-state index contributed by atoms with van der Waals surface area (Å²) < 4.78 is 0. The van der Waals surface area contributed by atoms with Gasteiger partial charge in [-0.25, -0.2) is 0 Å². The first-order chi connectivity index (χ1) is 6.29. The number of rotatable bonds is 6. The van der Waals surface area contributed by atoms with Crippen LogP contribution < -0.4 is 0 Å². The molecule has 1 aliphatic rings. The third kappa shape index (κ3) is 2.72. The smallest absolute Gasteiger partial charge is 0.00455 e. The zero-order valence-corrected chi connectivity index (χ0v) is 9.10. The summed E-state index contributed by atoms with van der Waals surface area (Å²) in [5, 5.41) is 0. The fraction of sp³-hybridized carbons (Fsp3) is 0.692. The van der Waals surface area contributed by atoms with E-state index in [2.05, 4.69) is 26.5 Å². The van der Waals surface area contributed by atoms with Crippen molar-refractivity contribution in [3.05, 3.63) is 23.8 Å². The number of hydrogen-bond acceptors (Lipinski definition) is 0. The van der Waals surface area contributed by atoms with E-state index in [0.29, 0.717) is 0 Å². The van der Waals surface area contributed by atoms with Crippen LogP contribution in [0.5, 0.6) is 0 Å². The van der Waals surface area contributed by atoms with Crippen molar-refractivity contribution in [3.8, 4) is 0 Å². The van der Waals surface area contributed by atoms with Gasteiger partial charge in [-0.15, -0.1) is 0 Å². The first kappa shape index (κ1) is 10.6. The Kier molecular flexibility index (Phi) is 4.27. The van der Waals surface area contributed by atoms with Crippen LogP contribution in [0.15, 0.2) is 23.8 Å². The molecule has 13 heavy (non-hydrogen) atoms. The minimum absolute atomic E-state index is 0.756. The van der Waals surface area contributed by atoms with Gasteiger partial charge in [0.05, 0.1) is 0 Å². The molecule has 1 rings (SSSR count). The maximum atomic E-state index is 4.08. The maximum absolute atomic E-state index is 4.08. The van der Waals surface area contributed by atoms with Crippen molar-refractivity contribution in [2.45, 2.75) is 52.4 Å². The van der Waals surface area contributed by atoms with Crippen molar-refractivity contribution < 1.29 is 0 Å². The first-order valence-electron chi connectivity index (χ1n) is 5.68. The second kappa shape index (κ2) is 5.26. The van der Waals surface area contributed by atoms with Crippen molar-refractivity contribution in [2.75, 3.05) is 0 Å². The van der Waals surface area contributed by atoms with Gasteiger partial charge in [0.1, 0.15) is 0 Å². The van der Waals surface area contributed by atoms with Crippen LogP contribution in [0.4, 0.5) is 0 Å². The van der Waals surface area contributed by atoms with Crippen LogP contribution in [0.2, 0.25) is 0 Å². The Morgan fingerprint density at radius 2 is 1.92 bits per heavy atom. The van der Waals surface area contributed by atoms with E-state index in [9.17, 15) is 0 Å². The zero-order valence-electron chi connectivity index (χ0n) is 9.10. The molecular weight excluding hydrogens is 156 g/mol. The molecule has 0 saturated heterocycles. The van der Waals surface area contributed by atoms with Crippen molar-refractivity contribution in [1.29, 1.82) is 0 Å². The van der Waals surface area contributed by atoms with Crippen LogP contribution in [-0.4, -0.2) is 0 Å². The first-order valence-corrected chi connectivity index (χ1v) is 5.68. The van der Waals surface area contributed by atoms with Gasteiger partial charge in [-0.2, -0.15) is 0 Å². The molecule has 0 radical (unpaired) electrons. The minimum Gasteiger partial charge on any atom is -0.0952 e. The Labute approximate surface area is 82.7 Å². The summed E-state index contributed by atoms with van der Waals surface area (Å²) in [5.74, 6) is 0.756. The van der Waals surface area contributed by atoms with Gasteiger partial charge in [0.2, 0.25) is 0 Å². The third-order valence-corrected chi connectivity index (χ3v) is 2.93. The quantitative estimate of drug-likeness (QED) is 0.562. The molecule has 0 bridgehead atoms. The SMILES string of the molecule is C=C1C=C(CCCC)C1CCCC. The zero-order chi connectivity index (χ0) is 9.68. The molecule has 1 aliphatic carbocycles. The molecule has 0 heteroatoms. The Morgan fingerprint density at radius 1 is 1.23 bits per heavy atom. The molecular formula is C13H22. The largest absolute Gasteiger partial charge is 0.0952 e. The van der Waals surface area contributed by atoms with E-state index in [-0.39, 0.29) is 0 Å². The van der Waals surface area contributed by atoms with E-state index in [1.54, 1.807) is 5.57 Å². The third-order valence-electron chi connectivity index (χ3n) is 2.93. The molecule has 0 saturated carbocycles. The van der Waals surface area contributed by atoms with Crippen molar-refractivity contribution in [3.63, 3.8) is 0 Å². The average Bonchev–Trinajstić information content (AvgIpc) is 2.12. The highest BCUT2D eigenvalue weighted by molar-refractivity contribution is 5.40. The molecule has 0 heterocycles. The van der Waals surface area contributed by atoms with E-state index < -0.39 is 0 Å². The van der Waals surface area contributed by atoms with Crippen LogP contribution in [0, 0.1) is 5.92 Å². The van der Waals surface area contributed by atoms with Crippen LogP contribution in [0.1, 0.15) is 52.4 Å². The predicted octanol–water partition coefficient (Wildman–Crippen LogP) is 4.48. The topological polar surface area (TPSA) is 0 Å². The number of allylic oxidation sites excluding steroid dienone is 3. The molecule has 74 valence electrons.